The fourth-order valence-corrected chi connectivity index (χ4v) is 2.41. The summed E-state index contributed by atoms with van der Waals surface area (Å²) in [5.41, 5.74) is -0.00409. The molecule has 1 amide bonds. The Bertz CT molecular complexity index is 540. The fraction of sp³-hybridized carbons (Fsp3) is 0.385. The van der Waals surface area contributed by atoms with Gasteiger partial charge in [-0.3, -0.25) is 5.32 Å². The highest BCUT2D eigenvalue weighted by Crippen LogP contribution is 2.28. The number of amides is 1. The first-order valence-electron chi connectivity index (χ1n) is 5.71. The van der Waals surface area contributed by atoms with Crippen molar-refractivity contribution >= 4 is 51.9 Å². The molecule has 5 nitrogen and oxygen atoms in total. The van der Waals surface area contributed by atoms with Gasteiger partial charge in [0, 0.05) is 3.57 Å². The summed E-state index contributed by atoms with van der Waals surface area (Å²) in [4.78, 5) is 23.3. The molecule has 0 aliphatic heterocycles. The van der Waals surface area contributed by atoms with Gasteiger partial charge in [-0.1, -0.05) is 11.6 Å². The lowest BCUT2D eigenvalue weighted by Crippen LogP contribution is -2.27. The molecule has 1 N–H and O–H groups in total. The second-order valence-corrected chi connectivity index (χ2v) is 6.50. The highest BCUT2D eigenvalue weighted by Gasteiger charge is 2.19. The number of ether oxygens (including phenoxy) is 2. The van der Waals surface area contributed by atoms with Gasteiger partial charge in [-0.05, 0) is 55.5 Å². The van der Waals surface area contributed by atoms with Crippen LogP contribution in [0.2, 0.25) is 5.02 Å². The number of carbonyl (C=O) groups excluding carboxylic acids is 2. The van der Waals surface area contributed by atoms with Crippen LogP contribution in [0.15, 0.2) is 12.1 Å². The maximum absolute atomic E-state index is 11.7. The lowest BCUT2D eigenvalue weighted by atomic mass is 10.2. The van der Waals surface area contributed by atoms with E-state index in [0.717, 1.165) is 0 Å². The van der Waals surface area contributed by atoms with E-state index in [1.807, 2.05) is 22.6 Å². The van der Waals surface area contributed by atoms with Gasteiger partial charge in [0.1, 0.15) is 5.60 Å². The molecule has 0 aliphatic rings. The molecule has 0 saturated heterocycles. The van der Waals surface area contributed by atoms with Crippen molar-refractivity contribution in [3.05, 3.63) is 26.3 Å². The van der Waals surface area contributed by atoms with Crippen molar-refractivity contribution in [2.45, 2.75) is 26.4 Å². The minimum absolute atomic E-state index is 0.293. The Balaban J connectivity index is 3.01. The Kier molecular flexibility index (Phi) is 5.64. The van der Waals surface area contributed by atoms with E-state index >= 15 is 0 Å². The molecule has 0 bridgehead atoms. The molecule has 20 heavy (non-hydrogen) atoms. The first-order valence-corrected chi connectivity index (χ1v) is 7.17. The minimum atomic E-state index is -0.642. The van der Waals surface area contributed by atoms with E-state index in [9.17, 15) is 9.59 Å². The molecular formula is C13H15ClINO4. The van der Waals surface area contributed by atoms with Crippen molar-refractivity contribution in [3.63, 3.8) is 0 Å². The topological polar surface area (TPSA) is 64.6 Å². The molecule has 0 atom stereocenters. The van der Waals surface area contributed by atoms with E-state index in [0.29, 0.717) is 19.8 Å². The first kappa shape index (κ1) is 17.0. The third-order valence-electron chi connectivity index (χ3n) is 2.10. The van der Waals surface area contributed by atoms with Gasteiger partial charge >= 0.3 is 12.1 Å². The SMILES string of the molecule is COC(=O)c1cc(NC(=O)OC(C)(C)C)c(Cl)cc1I. The van der Waals surface area contributed by atoms with Gasteiger partial charge in [-0.25, -0.2) is 9.59 Å². The predicted octanol–water partition coefficient (Wildman–Crippen LogP) is 4.08. The maximum atomic E-state index is 11.7. The Labute approximate surface area is 136 Å². The second-order valence-electron chi connectivity index (χ2n) is 4.93. The molecule has 0 spiro atoms. The lowest BCUT2D eigenvalue weighted by molar-refractivity contribution is 0.0595. The average Bonchev–Trinajstić information content (AvgIpc) is 2.29. The summed E-state index contributed by atoms with van der Waals surface area (Å²) < 4.78 is 10.4. The zero-order chi connectivity index (χ0) is 15.5. The van der Waals surface area contributed by atoms with Gasteiger partial charge in [-0.2, -0.15) is 0 Å². The minimum Gasteiger partial charge on any atom is -0.465 e. The molecule has 0 unspecified atom stereocenters. The summed E-state index contributed by atoms with van der Waals surface area (Å²) in [7, 11) is 1.29. The first-order chi connectivity index (χ1) is 9.14. The third-order valence-corrected chi connectivity index (χ3v) is 3.30. The normalized spacial score (nSPS) is 10.9. The quantitative estimate of drug-likeness (QED) is 0.588. The summed E-state index contributed by atoms with van der Waals surface area (Å²) in [6.07, 6.45) is -0.642. The van der Waals surface area contributed by atoms with Crippen LogP contribution in [0.25, 0.3) is 0 Å². The number of halogens is 2. The smallest absolute Gasteiger partial charge is 0.412 e. The van der Waals surface area contributed by atoms with Gasteiger partial charge in [0.15, 0.2) is 0 Å². The van der Waals surface area contributed by atoms with Crippen LogP contribution in [0.5, 0.6) is 0 Å². The number of nitrogens with one attached hydrogen (secondary N) is 1. The van der Waals surface area contributed by atoms with Crippen LogP contribution in [-0.4, -0.2) is 24.8 Å². The molecule has 0 saturated carbocycles. The number of methoxy groups -OCH3 is 1. The van der Waals surface area contributed by atoms with Gasteiger partial charge in [0.25, 0.3) is 0 Å². The molecule has 7 heteroatoms. The Morgan fingerprint density at radius 2 is 1.90 bits per heavy atom. The van der Waals surface area contributed by atoms with Crippen molar-refractivity contribution in [2.75, 3.05) is 12.4 Å². The van der Waals surface area contributed by atoms with Crippen molar-refractivity contribution < 1.29 is 19.1 Å². The average molecular weight is 412 g/mol. The third kappa shape index (κ3) is 4.82. The molecule has 1 aromatic carbocycles. The fourth-order valence-electron chi connectivity index (χ4n) is 1.32. The van der Waals surface area contributed by atoms with Gasteiger partial charge in [0.2, 0.25) is 0 Å². The molecule has 0 heterocycles. The van der Waals surface area contributed by atoms with E-state index in [2.05, 4.69) is 10.1 Å². The van der Waals surface area contributed by atoms with E-state index in [1.54, 1.807) is 26.8 Å². The maximum Gasteiger partial charge on any atom is 0.412 e. The van der Waals surface area contributed by atoms with Gasteiger partial charge in [0.05, 0.1) is 23.4 Å². The number of rotatable bonds is 2. The van der Waals surface area contributed by atoms with Crippen LogP contribution < -0.4 is 5.32 Å². The van der Waals surface area contributed by atoms with Crippen LogP contribution in [0.1, 0.15) is 31.1 Å². The van der Waals surface area contributed by atoms with Crippen molar-refractivity contribution in [1.29, 1.82) is 0 Å². The molecular weight excluding hydrogens is 397 g/mol. The zero-order valence-electron chi connectivity index (χ0n) is 11.5. The monoisotopic (exact) mass is 411 g/mol. The number of benzene rings is 1. The Hall–Kier alpha value is -1.02. The molecule has 110 valence electrons. The largest absolute Gasteiger partial charge is 0.465 e. The standard InChI is InChI=1S/C13H15ClINO4/c1-13(2,3)20-12(18)16-10-5-7(11(17)19-4)9(15)6-8(10)14/h5-6H,1-4H3,(H,16,18). The van der Waals surface area contributed by atoms with Gasteiger partial charge < -0.3 is 9.47 Å². The van der Waals surface area contributed by atoms with Crippen LogP contribution in [0.4, 0.5) is 10.5 Å². The number of carbonyl (C=O) groups is 2. The summed E-state index contributed by atoms with van der Waals surface area (Å²) >= 11 is 8.01. The van der Waals surface area contributed by atoms with E-state index in [1.165, 1.54) is 13.2 Å². The summed E-state index contributed by atoms with van der Waals surface area (Å²) in [5.74, 6) is -0.502. The zero-order valence-corrected chi connectivity index (χ0v) is 14.5. The molecule has 0 aliphatic carbocycles. The van der Waals surface area contributed by atoms with Crippen LogP contribution >= 0.6 is 34.2 Å². The number of esters is 1. The Morgan fingerprint density at radius 1 is 1.30 bits per heavy atom. The summed E-state index contributed by atoms with van der Waals surface area (Å²) in [6.45, 7) is 5.26. The van der Waals surface area contributed by atoms with Crippen molar-refractivity contribution in [2.24, 2.45) is 0 Å². The number of hydrogen-bond donors (Lipinski definition) is 1. The summed E-state index contributed by atoms with van der Waals surface area (Å²) in [6, 6.07) is 3.03. The van der Waals surface area contributed by atoms with E-state index < -0.39 is 17.7 Å². The van der Waals surface area contributed by atoms with Crippen molar-refractivity contribution in [1.82, 2.24) is 0 Å². The van der Waals surface area contributed by atoms with E-state index in [-0.39, 0.29) is 0 Å². The molecule has 0 radical (unpaired) electrons. The predicted molar refractivity (Wildman–Crippen MR) is 85.4 cm³/mol. The van der Waals surface area contributed by atoms with Crippen molar-refractivity contribution in [3.8, 4) is 0 Å². The molecule has 1 rings (SSSR count). The van der Waals surface area contributed by atoms with Crippen LogP contribution in [0, 0.1) is 3.57 Å². The van der Waals surface area contributed by atoms with Gasteiger partial charge in [-0.15, -0.1) is 0 Å². The summed E-state index contributed by atoms with van der Waals surface area (Å²) in [5, 5.41) is 2.82. The highest BCUT2D eigenvalue weighted by atomic mass is 127. The number of hydrogen-bond acceptors (Lipinski definition) is 4. The number of anilines is 1. The second kappa shape index (κ2) is 6.62. The highest BCUT2D eigenvalue weighted by molar-refractivity contribution is 14.1. The van der Waals surface area contributed by atoms with Crippen LogP contribution in [0.3, 0.4) is 0 Å². The molecule has 0 aromatic heterocycles. The van der Waals surface area contributed by atoms with Crippen LogP contribution in [-0.2, 0) is 9.47 Å². The van der Waals surface area contributed by atoms with E-state index in [4.69, 9.17) is 16.3 Å². The molecule has 0 fully saturated rings. The lowest BCUT2D eigenvalue weighted by Gasteiger charge is -2.20. The molecule has 1 aromatic rings. The Morgan fingerprint density at radius 3 is 2.40 bits per heavy atom.